The van der Waals surface area contributed by atoms with Crippen LogP contribution in [0.5, 0.6) is 0 Å². The molecule has 1 heterocycles. The zero-order chi connectivity index (χ0) is 21.8. The highest BCUT2D eigenvalue weighted by atomic mass is 32.2. The van der Waals surface area contributed by atoms with Crippen LogP contribution in [-0.2, 0) is 33.2 Å². The van der Waals surface area contributed by atoms with E-state index in [4.69, 9.17) is 28.3 Å². The molecule has 5 atom stereocenters. The lowest BCUT2D eigenvalue weighted by atomic mass is 9.97. The van der Waals surface area contributed by atoms with E-state index < -0.39 is 51.6 Å². The maximum Gasteiger partial charge on any atom is 0.416 e. The lowest BCUT2D eigenvalue weighted by molar-refractivity contribution is -0.375. The van der Waals surface area contributed by atoms with Crippen molar-refractivity contribution in [2.45, 2.75) is 42.5 Å². The second-order valence-electron chi connectivity index (χ2n) is 6.10. The molecule has 1 aliphatic rings. The summed E-state index contributed by atoms with van der Waals surface area (Å²) in [7, 11) is -0.598. The topological polar surface area (TPSA) is 156 Å². The van der Waals surface area contributed by atoms with Crippen molar-refractivity contribution in [3.63, 3.8) is 0 Å². The van der Waals surface area contributed by atoms with Gasteiger partial charge in [0.05, 0.1) is 4.90 Å². The Hall–Kier alpha value is -2.16. The SMILES string of the molecule is CO[C@H]1O[C@H](/C(=N\O)[N+](=O)[O-])[C@@H](OS(=O)(=O)c2ccc(C)cc2)[C@H](OC)[C@H]1OC. The van der Waals surface area contributed by atoms with Crippen LogP contribution in [0.2, 0.25) is 0 Å². The summed E-state index contributed by atoms with van der Waals surface area (Å²) in [5.74, 6) is -1.08. The first-order valence-corrected chi connectivity index (χ1v) is 9.71. The average Bonchev–Trinajstić information content (AvgIpc) is 2.68. The van der Waals surface area contributed by atoms with E-state index in [2.05, 4.69) is 5.16 Å². The van der Waals surface area contributed by atoms with Crippen LogP contribution >= 0.6 is 0 Å². The van der Waals surface area contributed by atoms with E-state index in [-0.39, 0.29) is 4.90 Å². The van der Waals surface area contributed by atoms with E-state index in [1.54, 1.807) is 19.1 Å². The predicted octanol–water partition coefficient (Wildman–Crippen LogP) is 0.535. The lowest BCUT2D eigenvalue weighted by Crippen LogP contribution is -2.63. The number of aryl methyl sites for hydroxylation is 1. The van der Waals surface area contributed by atoms with Gasteiger partial charge in [-0.2, -0.15) is 8.42 Å². The van der Waals surface area contributed by atoms with Crippen molar-refractivity contribution in [3.05, 3.63) is 39.9 Å². The Morgan fingerprint density at radius 1 is 1.10 bits per heavy atom. The minimum Gasteiger partial charge on any atom is -0.376 e. The number of hydrogen-bond donors (Lipinski definition) is 1. The monoisotopic (exact) mass is 434 g/mol. The molecule has 0 unspecified atom stereocenters. The molecule has 0 bridgehead atoms. The summed E-state index contributed by atoms with van der Waals surface area (Å²) in [4.78, 5) is 10.1. The average molecular weight is 434 g/mol. The normalized spacial score (nSPS) is 28.3. The van der Waals surface area contributed by atoms with Crippen molar-refractivity contribution >= 4 is 16.0 Å². The van der Waals surface area contributed by atoms with Crippen LogP contribution in [0.25, 0.3) is 0 Å². The fraction of sp³-hybridized carbons (Fsp3) is 0.562. The van der Waals surface area contributed by atoms with Gasteiger partial charge < -0.3 is 34.3 Å². The zero-order valence-electron chi connectivity index (χ0n) is 16.1. The first-order chi connectivity index (χ1) is 13.7. The van der Waals surface area contributed by atoms with Crippen LogP contribution < -0.4 is 0 Å². The minimum absolute atomic E-state index is 0.178. The third-order valence-electron chi connectivity index (χ3n) is 4.36. The second kappa shape index (κ2) is 9.56. The molecule has 1 fully saturated rings. The van der Waals surface area contributed by atoms with Gasteiger partial charge in [-0.15, -0.1) is 0 Å². The molecule has 12 nitrogen and oxygen atoms in total. The van der Waals surface area contributed by atoms with E-state index in [0.29, 0.717) is 0 Å². The predicted molar refractivity (Wildman–Crippen MR) is 96.7 cm³/mol. The molecule has 1 saturated heterocycles. The minimum atomic E-state index is -4.39. The molecular formula is C16H22N2O10S. The van der Waals surface area contributed by atoms with Gasteiger partial charge in [0, 0.05) is 21.3 Å². The van der Waals surface area contributed by atoms with Gasteiger partial charge in [0.15, 0.2) is 11.4 Å². The summed E-state index contributed by atoms with van der Waals surface area (Å²) in [6.07, 6.45) is -6.71. The Morgan fingerprint density at radius 2 is 1.69 bits per heavy atom. The van der Waals surface area contributed by atoms with Gasteiger partial charge in [0.2, 0.25) is 6.10 Å². The number of methoxy groups -OCH3 is 3. The van der Waals surface area contributed by atoms with E-state index in [0.717, 1.165) is 5.56 Å². The molecular weight excluding hydrogens is 412 g/mol. The number of rotatable bonds is 7. The lowest BCUT2D eigenvalue weighted by Gasteiger charge is -2.42. The Bertz CT molecular complexity index is 842. The van der Waals surface area contributed by atoms with Crippen molar-refractivity contribution in [1.29, 1.82) is 0 Å². The highest BCUT2D eigenvalue weighted by molar-refractivity contribution is 7.86. The fourth-order valence-corrected chi connectivity index (χ4v) is 4.02. The summed E-state index contributed by atoms with van der Waals surface area (Å²) in [6, 6.07) is 5.78. The maximum atomic E-state index is 12.8. The van der Waals surface area contributed by atoms with Gasteiger partial charge in [-0.1, -0.05) is 17.7 Å². The Labute approximate surface area is 167 Å². The summed E-state index contributed by atoms with van der Waals surface area (Å²) in [6.45, 7) is 1.78. The summed E-state index contributed by atoms with van der Waals surface area (Å²) in [5, 5.41) is 23.0. The highest BCUT2D eigenvalue weighted by Crippen LogP contribution is 2.31. The van der Waals surface area contributed by atoms with E-state index in [9.17, 15) is 18.5 Å². The quantitative estimate of drug-likeness (QED) is 0.160. The van der Waals surface area contributed by atoms with Gasteiger partial charge in [0.1, 0.15) is 18.3 Å². The summed E-state index contributed by atoms with van der Waals surface area (Å²) in [5.41, 5.74) is 0.822. The number of nitrogens with zero attached hydrogens (tertiary/aromatic N) is 2. The maximum absolute atomic E-state index is 12.8. The zero-order valence-corrected chi connectivity index (χ0v) is 16.9. The van der Waals surface area contributed by atoms with Crippen molar-refractivity contribution < 1.29 is 41.7 Å². The smallest absolute Gasteiger partial charge is 0.376 e. The van der Waals surface area contributed by atoms with Crippen molar-refractivity contribution in [3.8, 4) is 0 Å². The molecule has 13 heteroatoms. The molecule has 0 aliphatic carbocycles. The highest BCUT2D eigenvalue weighted by Gasteiger charge is 2.55. The van der Waals surface area contributed by atoms with Crippen LogP contribution in [0.1, 0.15) is 5.56 Å². The molecule has 1 aromatic carbocycles. The van der Waals surface area contributed by atoms with E-state index in [1.165, 1.54) is 33.5 Å². The number of benzene rings is 1. The first-order valence-electron chi connectivity index (χ1n) is 8.30. The van der Waals surface area contributed by atoms with E-state index >= 15 is 0 Å². The Morgan fingerprint density at radius 3 is 2.14 bits per heavy atom. The third kappa shape index (κ3) is 4.88. The molecule has 0 radical (unpaired) electrons. The molecule has 162 valence electrons. The van der Waals surface area contributed by atoms with Crippen LogP contribution in [0.3, 0.4) is 0 Å². The third-order valence-corrected chi connectivity index (χ3v) is 5.69. The van der Waals surface area contributed by atoms with Crippen LogP contribution in [-0.4, -0.2) is 76.4 Å². The van der Waals surface area contributed by atoms with Gasteiger partial charge in [0.25, 0.3) is 10.1 Å². The van der Waals surface area contributed by atoms with Crippen LogP contribution in [0.4, 0.5) is 0 Å². The molecule has 1 N–H and O–H groups in total. The summed E-state index contributed by atoms with van der Waals surface area (Å²) >= 11 is 0. The van der Waals surface area contributed by atoms with Gasteiger partial charge in [-0.05, 0) is 24.0 Å². The van der Waals surface area contributed by atoms with Crippen LogP contribution in [0.15, 0.2) is 34.3 Å². The molecule has 0 spiro atoms. The Kier molecular flexibility index (Phi) is 7.62. The van der Waals surface area contributed by atoms with E-state index in [1.807, 2.05) is 0 Å². The second-order valence-corrected chi connectivity index (χ2v) is 7.68. The number of nitro groups is 1. The fourth-order valence-electron chi connectivity index (χ4n) is 2.93. The standard InChI is InChI=1S/C16H22N2O10S/c1-9-5-7-10(8-6-9)29(22,23)28-12-11(24-2)14(25-3)16(26-4)27-13(12)15(17-19)18(20)21/h5-8,11-14,16,19H,1-4H3/b17-15+/t11-,12-,13-,14+,16-/m0/s1. The van der Waals surface area contributed by atoms with Gasteiger partial charge in [-0.25, -0.2) is 0 Å². The summed E-state index contributed by atoms with van der Waals surface area (Å²) < 4.78 is 51.9. The molecule has 29 heavy (non-hydrogen) atoms. The van der Waals surface area contributed by atoms with Crippen molar-refractivity contribution in [1.82, 2.24) is 0 Å². The number of amidine groups is 1. The van der Waals surface area contributed by atoms with Crippen molar-refractivity contribution in [2.75, 3.05) is 21.3 Å². The number of hydrogen-bond acceptors (Lipinski definition) is 11. The number of oxime groups is 1. The van der Waals surface area contributed by atoms with Gasteiger partial charge in [-0.3, -0.25) is 4.18 Å². The molecule has 1 aliphatic heterocycles. The molecule has 2 rings (SSSR count). The first kappa shape index (κ1) is 23.1. The number of ether oxygens (including phenoxy) is 4. The molecule has 0 amide bonds. The molecule has 0 saturated carbocycles. The molecule has 0 aromatic heterocycles. The largest absolute Gasteiger partial charge is 0.416 e. The Balaban J connectivity index is 2.50. The molecule has 1 aromatic rings. The van der Waals surface area contributed by atoms with Crippen molar-refractivity contribution in [2.24, 2.45) is 5.16 Å². The van der Waals surface area contributed by atoms with Gasteiger partial charge >= 0.3 is 5.84 Å². The van der Waals surface area contributed by atoms with Crippen LogP contribution in [0, 0.1) is 17.0 Å².